The standard InChI is InChI=1S/C20H17Cl2N5O2/c1-24-20(29)17-18(23)25-10-16(27-17)12-4-2-3-11(7-12)9-26-19(28)13-5-6-14(21)15(22)8-13/h2-8,10H,9H2,1H3,(H2,23,25)(H,24,29)(H,26,28). The van der Waals surface area contributed by atoms with E-state index in [4.69, 9.17) is 28.9 Å². The summed E-state index contributed by atoms with van der Waals surface area (Å²) < 4.78 is 0. The van der Waals surface area contributed by atoms with Crippen molar-refractivity contribution in [2.24, 2.45) is 0 Å². The van der Waals surface area contributed by atoms with Crippen LogP contribution in [0.2, 0.25) is 10.0 Å². The summed E-state index contributed by atoms with van der Waals surface area (Å²) in [6, 6.07) is 12.1. The van der Waals surface area contributed by atoms with Gasteiger partial charge in [-0.2, -0.15) is 0 Å². The van der Waals surface area contributed by atoms with E-state index in [2.05, 4.69) is 20.6 Å². The molecule has 148 valence electrons. The lowest BCUT2D eigenvalue weighted by molar-refractivity contribution is 0.0946. The molecule has 0 aliphatic heterocycles. The maximum Gasteiger partial charge on any atom is 0.273 e. The fourth-order valence-electron chi connectivity index (χ4n) is 2.59. The minimum absolute atomic E-state index is 0.0538. The molecule has 0 aliphatic rings. The molecule has 1 heterocycles. The summed E-state index contributed by atoms with van der Waals surface area (Å²) in [5, 5.41) is 6.01. The molecule has 0 atom stereocenters. The number of halogens is 2. The summed E-state index contributed by atoms with van der Waals surface area (Å²) in [6.45, 7) is 0.289. The van der Waals surface area contributed by atoms with Crippen LogP contribution in [0, 0.1) is 0 Å². The number of nitrogen functional groups attached to an aromatic ring is 1. The first-order valence-electron chi connectivity index (χ1n) is 8.56. The van der Waals surface area contributed by atoms with E-state index in [0.717, 1.165) is 11.1 Å². The Kier molecular flexibility index (Phi) is 6.31. The van der Waals surface area contributed by atoms with Crippen molar-refractivity contribution in [1.82, 2.24) is 20.6 Å². The summed E-state index contributed by atoms with van der Waals surface area (Å²) in [6.07, 6.45) is 1.50. The Labute approximate surface area is 177 Å². The van der Waals surface area contributed by atoms with Gasteiger partial charge in [0.05, 0.1) is 21.9 Å². The molecule has 0 unspecified atom stereocenters. The van der Waals surface area contributed by atoms with Crippen molar-refractivity contribution in [3.05, 3.63) is 75.5 Å². The van der Waals surface area contributed by atoms with Crippen LogP contribution in [0.25, 0.3) is 11.3 Å². The maximum atomic E-state index is 12.3. The number of aromatic nitrogens is 2. The molecule has 0 fully saturated rings. The largest absolute Gasteiger partial charge is 0.382 e. The van der Waals surface area contributed by atoms with Gasteiger partial charge in [-0.05, 0) is 29.8 Å². The Morgan fingerprint density at radius 3 is 2.59 bits per heavy atom. The van der Waals surface area contributed by atoms with E-state index in [-0.39, 0.29) is 24.0 Å². The summed E-state index contributed by atoms with van der Waals surface area (Å²) in [7, 11) is 1.49. The van der Waals surface area contributed by atoms with Gasteiger partial charge in [-0.1, -0.05) is 41.4 Å². The van der Waals surface area contributed by atoms with Crippen molar-refractivity contribution in [2.45, 2.75) is 6.54 Å². The monoisotopic (exact) mass is 429 g/mol. The molecule has 9 heteroatoms. The van der Waals surface area contributed by atoms with Crippen LogP contribution >= 0.6 is 23.2 Å². The lowest BCUT2D eigenvalue weighted by Crippen LogP contribution is -2.22. The van der Waals surface area contributed by atoms with Crippen LogP contribution < -0.4 is 16.4 Å². The maximum absolute atomic E-state index is 12.3. The topological polar surface area (TPSA) is 110 Å². The number of benzene rings is 2. The summed E-state index contributed by atoms with van der Waals surface area (Å²) in [5.74, 6) is -0.636. The summed E-state index contributed by atoms with van der Waals surface area (Å²) >= 11 is 11.8. The molecular weight excluding hydrogens is 413 g/mol. The molecule has 2 amide bonds. The molecule has 0 saturated carbocycles. The first-order chi connectivity index (χ1) is 13.9. The number of hydrogen-bond acceptors (Lipinski definition) is 5. The van der Waals surface area contributed by atoms with E-state index in [0.29, 0.717) is 21.3 Å². The molecule has 1 aromatic heterocycles. The normalized spacial score (nSPS) is 10.4. The van der Waals surface area contributed by atoms with Crippen molar-refractivity contribution in [1.29, 1.82) is 0 Å². The molecule has 7 nitrogen and oxygen atoms in total. The van der Waals surface area contributed by atoms with Crippen LogP contribution in [0.15, 0.2) is 48.7 Å². The lowest BCUT2D eigenvalue weighted by atomic mass is 10.1. The first kappa shape index (κ1) is 20.6. The second-order valence-electron chi connectivity index (χ2n) is 6.08. The third kappa shape index (κ3) is 4.82. The summed E-state index contributed by atoms with van der Waals surface area (Å²) in [5.41, 5.74) is 8.28. The Balaban J connectivity index is 1.77. The molecule has 0 spiro atoms. The number of nitrogens with one attached hydrogen (secondary N) is 2. The third-order valence-electron chi connectivity index (χ3n) is 4.10. The highest BCUT2D eigenvalue weighted by molar-refractivity contribution is 6.42. The van der Waals surface area contributed by atoms with Gasteiger partial charge in [-0.15, -0.1) is 0 Å². The van der Waals surface area contributed by atoms with Crippen LogP contribution in [-0.4, -0.2) is 28.8 Å². The highest BCUT2D eigenvalue weighted by Crippen LogP contribution is 2.23. The SMILES string of the molecule is CNC(=O)c1nc(-c2cccc(CNC(=O)c3ccc(Cl)c(Cl)c3)c2)cnc1N. The predicted molar refractivity (Wildman–Crippen MR) is 113 cm³/mol. The van der Waals surface area contributed by atoms with Gasteiger partial charge in [0.25, 0.3) is 11.8 Å². The van der Waals surface area contributed by atoms with Crippen LogP contribution in [0.3, 0.4) is 0 Å². The second kappa shape index (κ2) is 8.89. The van der Waals surface area contributed by atoms with Gasteiger partial charge in [0.1, 0.15) is 0 Å². The second-order valence-corrected chi connectivity index (χ2v) is 6.89. The Bertz CT molecular complexity index is 1090. The Hall–Kier alpha value is -3.16. The van der Waals surface area contributed by atoms with Crippen LogP contribution in [-0.2, 0) is 6.54 Å². The smallest absolute Gasteiger partial charge is 0.273 e. The Morgan fingerprint density at radius 2 is 1.86 bits per heavy atom. The zero-order valence-electron chi connectivity index (χ0n) is 15.4. The van der Waals surface area contributed by atoms with Gasteiger partial charge in [0.2, 0.25) is 0 Å². The van der Waals surface area contributed by atoms with Crippen LogP contribution in [0.5, 0.6) is 0 Å². The molecule has 0 saturated heterocycles. The molecule has 0 aliphatic carbocycles. The van der Waals surface area contributed by atoms with E-state index in [1.165, 1.54) is 19.3 Å². The van der Waals surface area contributed by atoms with Crippen LogP contribution in [0.4, 0.5) is 5.82 Å². The van der Waals surface area contributed by atoms with E-state index in [9.17, 15) is 9.59 Å². The van der Waals surface area contributed by atoms with Gasteiger partial charge < -0.3 is 16.4 Å². The van der Waals surface area contributed by atoms with Gasteiger partial charge in [0.15, 0.2) is 11.5 Å². The average Bonchev–Trinajstić information content (AvgIpc) is 2.74. The van der Waals surface area contributed by atoms with E-state index >= 15 is 0 Å². The molecule has 0 radical (unpaired) electrons. The van der Waals surface area contributed by atoms with Gasteiger partial charge in [0, 0.05) is 24.7 Å². The molecule has 4 N–H and O–H groups in total. The van der Waals surface area contributed by atoms with Crippen molar-refractivity contribution in [3.8, 4) is 11.3 Å². The van der Waals surface area contributed by atoms with Crippen molar-refractivity contribution >= 4 is 40.8 Å². The highest BCUT2D eigenvalue weighted by atomic mass is 35.5. The van der Waals surface area contributed by atoms with E-state index < -0.39 is 5.91 Å². The van der Waals surface area contributed by atoms with Crippen molar-refractivity contribution < 1.29 is 9.59 Å². The fraction of sp³-hybridized carbons (Fsp3) is 0.100. The number of nitrogens with zero attached hydrogens (tertiary/aromatic N) is 2. The molecular formula is C20H17Cl2N5O2. The molecule has 3 aromatic rings. The zero-order chi connectivity index (χ0) is 21.0. The molecule has 3 rings (SSSR count). The van der Waals surface area contributed by atoms with Gasteiger partial charge in [-0.3, -0.25) is 9.59 Å². The van der Waals surface area contributed by atoms with Crippen LogP contribution in [0.1, 0.15) is 26.4 Å². The molecule has 2 aromatic carbocycles. The summed E-state index contributed by atoms with van der Waals surface area (Å²) in [4.78, 5) is 32.6. The zero-order valence-corrected chi connectivity index (χ0v) is 16.9. The Morgan fingerprint density at radius 1 is 1.07 bits per heavy atom. The number of nitrogens with two attached hydrogens (primary N) is 1. The van der Waals surface area contributed by atoms with E-state index in [1.807, 2.05) is 24.3 Å². The highest BCUT2D eigenvalue weighted by Gasteiger charge is 2.13. The molecule has 29 heavy (non-hydrogen) atoms. The van der Waals surface area contributed by atoms with E-state index in [1.54, 1.807) is 12.1 Å². The van der Waals surface area contributed by atoms with Crippen molar-refractivity contribution in [3.63, 3.8) is 0 Å². The fourth-order valence-corrected chi connectivity index (χ4v) is 2.88. The predicted octanol–water partition coefficient (Wildman–Crippen LogP) is 3.32. The van der Waals surface area contributed by atoms with Gasteiger partial charge >= 0.3 is 0 Å². The minimum atomic E-state index is -0.415. The lowest BCUT2D eigenvalue weighted by Gasteiger charge is -2.09. The number of anilines is 1. The number of rotatable bonds is 5. The third-order valence-corrected chi connectivity index (χ3v) is 4.84. The molecule has 0 bridgehead atoms. The number of hydrogen-bond donors (Lipinski definition) is 3. The number of carbonyl (C=O) groups is 2. The minimum Gasteiger partial charge on any atom is -0.382 e. The number of carbonyl (C=O) groups excluding carboxylic acids is 2. The quantitative estimate of drug-likeness (QED) is 0.575. The van der Waals surface area contributed by atoms with Gasteiger partial charge in [-0.25, -0.2) is 9.97 Å². The number of amides is 2. The first-order valence-corrected chi connectivity index (χ1v) is 9.32. The average molecular weight is 430 g/mol. The van der Waals surface area contributed by atoms with Crippen molar-refractivity contribution in [2.75, 3.05) is 12.8 Å².